The van der Waals surface area contributed by atoms with Crippen LogP contribution in [0.2, 0.25) is 5.02 Å². The van der Waals surface area contributed by atoms with Crippen LogP contribution in [0, 0.1) is 5.82 Å². The number of rotatable bonds is 6. The van der Waals surface area contributed by atoms with Gasteiger partial charge in [-0.25, -0.2) is 13.7 Å². The van der Waals surface area contributed by atoms with Gasteiger partial charge in [-0.2, -0.15) is 8.42 Å². The van der Waals surface area contributed by atoms with Crippen molar-refractivity contribution in [2.75, 3.05) is 44.7 Å². The Morgan fingerprint density at radius 1 is 1.28 bits per heavy atom. The van der Waals surface area contributed by atoms with Gasteiger partial charge < -0.3 is 10.1 Å². The number of amides is 1. The molecule has 2 aromatic rings. The predicted octanol–water partition coefficient (Wildman–Crippen LogP) is 2.14. The number of aromatic nitrogens is 1. The van der Waals surface area contributed by atoms with Crippen LogP contribution in [0.1, 0.15) is 5.01 Å². The van der Waals surface area contributed by atoms with Crippen molar-refractivity contribution in [2.24, 2.45) is 4.40 Å². The molecule has 4 rings (SSSR count). The standard InChI is InChI=1S/C19H19ClFN5O4S2/c20-14-11-13(1-2-15(14)21)23-18(27)17-12-16(19-22-3-10-31-19)24-32(28,29)26(17)5-4-25-6-8-30-9-7-25/h1-3,10-12H,4-9H2,(H,23,27). The summed E-state index contributed by atoms with van der Waals surface area (Å²) in [6.45, 7) is 2.89. The zero-order chi connectivity index (χ0) is 22.7. The second kappa shape index (κ2) is 9.63. The van der Waals surface area contributed by atoms with Crippen molar-refractivity contribution in [3.63, 3.8) is 0 Å². The van der Waals surface area contributed by atoms with Crippen LogP contribution in [0.4, 0.5) is 10.1 Å². The summed E-state index contributed by atoms with van der Waals surface area (Å²) in [6.07, 6.45) is 2.91. The minimum absolute atomic E-state index is 0.0282. The van der Waals surface area contributed by atoms with E-state index in [1.54, 1.807) is 5.38 Å². The first kappa shape index (κ1) is 22.8. The summed E-state index contributed by atoms with van der Waals surface area (Å²) in [5.74, 6) is -1.32. The number of hydrogen-bond donors (Lipinski definition) is 1. The average molecular weight is 500 g/mol. The highest BCUT2D eigenvalue weighted by Crippen LogP contribution is 2.25. The van der Waals surface area contributed by atoms with E-state index in [1.807, 2.05) is 4.90 Å². The van der Waals surface area contributed by atoms with Gasteiger partial charge in [0.2, 0.25) is 0 Å². The van der Waals surface area contributed by atoms with Gasteiger partial charge in [0.1, 0.15) is 22.2 Å². The van der Waals surface area contributed by atoms with Crippen molar-refractivity contribution in [2.45, 2.75) is 0 Å². The van der Waals surface area contributed by atoms with Crippen molar-refractivity contribution in [1.29, 1.82) is 0 Å². The van der Waals surface area contributed by atoms with Crippen LogP contribution in [0.3, 0.4) is 0 Å². The highest BCUT2D eigenvalue weighted by Gasteiger charge is 2.34. The summed E-state index contributed by atoms with van der Waals surface area (Å²) in [6, 6.07) is 3.70. The summed E-state index contributed by atoms with van der Waals surface area (Å²) in [5.41, 5.74) is 0.190. The highest BCUT2D eigenvalue weighted by molar-refractivity contribution is 7.88. The van der Waals surface area contributed by atoms with E-state index in [4.69, 9.17) is 16.3 Å². The first-order chi connectivity index (χ1) is 15.3. The van der Waals surface area contributed by atoms with E-state index < -0.39 is 21.9 Å². The lowest BCUT2D eigenvalue weighted by molar-refractivity contribution is -0.113. The smallest absolute Gasteiger partial charge is 0.345 e. The van der Waals surface area contributed by atoms with E-state index in [-0.39, 0.29) is 28.7 Å². The number of nitrogens with zero attached hydrogens (tertiary/aromatic N) is 4. The van der Waals surface area contributed by atoms with Gasteiger partial charge in [-0.3, -0.25) is 9.69 Å². The van der Waals surface area contributed by atoms with Gasteiger partial charge >= 0.3 is 10.2 Å². The van der Waals surface area contributed by atoms with Crippen molar-refractivity contribution >= 4 is 50.5 Å². The van der Waals surface area contributed by atoms with E-state index in [0.29, 0.717) is 37.9 Å². The first-order valence-corrected chi connectivity index (χ1v) is 12.3. The Kier molecular flexibility index (Phi) is 6.86. The quantitative estimate of drug-likeness (QED) is 0.653. The number of hydrogen-bond acceptors (Lipinski definition) is 7. The maximum absolute atomic E-state index is 13.5. The maximum atomic E-state index is 13.5. The van der Waals surface area contributed by atoms with E-state index in [1.165, 1.54) is 35.7 Å². The SMILES string of the molecule is O=C(Nc1ccc(F)c(Cl)c1)C1=CC(c2nccs2)=NS(=O)(=O)N1CCN1CCOCC1. The zero-order valence-corrected chi connectivity index (χ0v) is 19.1. The van der Waals surface area contributed by atoms with Gasteiger partial charge in [-0.05, 0) is 24.3 Å². The Morgan fingerprint density at radius 2 is 2.06 bits per heavy atom. The van der Waals surface area contributed by atoms with Crippen molar-refractivity contribution in [1.82, 2.24) is 14.2 Å². The fourth-order valence-corrected chi connectivity index (χ4v) is 5.24. The number of carbonyl (C=O) groups excluding carboxylic acids is 1. The van der Waals surface area contributed by atoms with Crippen LogP contribution in [0.5, 0.6) is 0 Å². The lowest BCUT2D eigenvalue weighted by atomic mass is 10.2. The molecule has 0 saturated carbocycles. The molecule has 0 atom stereocenters. The molecule has 0 radical (unpaired) electrons. The summed E-state index contributed by atoms with van der Waals surface area (Å²) in [5, 5.41) is 4.47. The maximum Gasteiger partial charge on any atom is 0.345 e. The van der Waals surface area contributed by atoms with Crippen LogP contribution in [0.15, 0.2) is 45.9 Å². The molecule has 13 heteroatoms. The van der Waals surface area contributed by atoms with Crippen LogP contribution in [0.25, 0.3) is 0 Å². The number of benzene rings is 1. The number of nitrogens with one attached hydrogen (secondary N) is 1. The molecular formula is C19H19ClFN5O4S2. The van der Waals surface area contributed by atoms with Gasteiger partial charge in [0, 0.05) is 43.4 Å². The van der Waals surface area contributed by atoms with Gasteiger partial charge in [0.05, 0.1) is 18.2 Å². The fraction of sp³-hybridized carbons (Fsp3) is 0.316. The molecule has 0 unspecified atom stereocenters. The third-order valence-electron chi connectivity index (χ3n) is 4.82. The van der Waals surface area contributed by atoms with E-state index in [2.05, 4.69) is 14.7 Å². The van der Waals surface area contributed by atoms with E-state index in [9.17, 15) is 17.6 Å². The molecule has 1 saturated heterocycles. The monoisotopic (exact) mass is 499 g/mol. The number of allylic oxidation sites excluding steroid dienone is 1. The van der Waals surface area contributed by atoms with Crippen LogP contribution in [-0.4, -0.2) is 73.6 Å². The molecule has 1 aromatic carbocycles. The molecule has 32 heavy (non-hydrogen) atoms. The van der Waals surface area contributed by atoms with Crippen molar-refractivity contribution < 1.29 is 22.3 Å². The Hall–Kier alpha value is -2.38. The van der Waals surface area contributed by atoms with Crippen LogP contribution in [-0.2, 0) is 19.7 Å². The van der Waals surface area contributed by atoms with Crippen molar-refractivity contribution in [3.05, 3.63) is 57.4 Å². The number of anilines is 1. The molecule has 1 fully saturated rings. The van der Waals surface area contributed by atoms with E-state index in [0.717, 1.165) is 10.4 Å². The van der Waals surface area contributed by atoms with Gasteiger partial charge in [-0.15, -0.1) is 15.7 Å². The molecule has 2 aliphatic rings. The number of ether oxygens (including phenoxy) is 1. The number of carbonyl (C=O) groups is 1. The molecule has 0 aliphatic carbocycles. The van der Waals surface area contributed by atoms with Crippen LogP contribution >= 0.6 is 22.9 Å². The minimum atomic E-state index is -4.19. The van der Waals surface area contributed by atoms with Gasteiger partial charge in [-0.1, -0.05) is 11.6 Å². The summed E-state index contributed by atoms with van der Waals surface area (Å²) in [4.78, 5) is 19.2. The number of thiazole rings is 1. The molecule has 1 N–H and O–H groups in total. The fourth-order valence-electron chi connectivity index (χ4n) is 3.22. The molecule has 1 aromatic heterocycles. The number of halogens is 2. The average Bonchev–Trinajstić information content (AvgIpc) is 3.30. The summed E-state index contributed by atoms with van der Waals surface area (Å²) in [7, 11) is -4.19. The lowest BCUT2D eigenvalue weighted by Crippen LogP contribution is -2.45. The zero-order valence-electron chi connectivity index (χ0n) is 16.7. The highest BCUT2D eigenvalue weighted by atomic mass is 35.5. The number of morpholine rings is 1. The van der Waals surface area contributed by atoms with Gasteiger partial charge in [0.25, 0.3) is 5.91 Å². The second-order valence-electron chi connectivity index (χ2n) is 6.93. The Bertz CT molecular complexity index is 1160. The largest absolute Gasteiger partial charge is 0.379 e. The first-order valence-electron chi connectivity index (χ1n) is 9.64. The summed E-state index contributed by atoms with van der Waals surface area (Å²) < 4.78 is 49.6. The molecule has 2 aliphatic heterocycles. The minimum Gasteiger partial charge on any atom is -0.379 e. The normalized spacial score (nSPS) is 18.8. The lowest BCUT2D eigenvalue weighted by Gasteiger charge is -2.31. The molecular weight excluding hydrogens is 481 g/mol. The summed E-state index contributed by atoms with van der Waals surface area (Å²) >= 11 is 7.00. The third kappa shape index (κ3) is 5.15. The Morgan fingerprint density at radius 3 is 2.75 bits per heavy atom. The Labute approximate surface area is 193 Å². The molecule has 3 heterocycles. The van der Waals surface area contributed by atoms with Crippen molar-refractivity contribution in [3.8, 4) is 0 Å². The molecule has 9 nitrogen and oxygen atoms in total. The van der Waals surface area contributed by atoms with E-state index >= 15 is 0 Å². The Balaban J connectivity index is 1.63. The second-order valence-corrected chi connectivity index (χ2v) is 9.75. The molecule has 0 spiro atoms. The van der Waals surface area contributed by atoms with Crippen LogP contribution < -0.4 is 5.32 Å². The molecule has 1 amide bonds. The third-order valence-corrected chi connectivity index (χ3v) is 7.27. The predicted molar refractivity (Wildman–Crippen MR) is 120 cm³/mol. The molecule has 170 valence electrons. The molecule has 0 bridgehead atoms. The van der Waals surface area contributed by atoms with Gasteiger partial charge in [0.15, 0.2) is 0 Å². The topological polar surface area (TPSA) is 104 Å².